The van der Waals surface area contributed by atoms with Crippen LogP contribution in [-0.2, 0) is 19.7 Å². The van der Waals surface area contributed by atoms with Crippen LogP contribution in [0.1, 0.15) is 31.2 Å². The van der Waals surface area contributed by atoms with Crippen molar-refractivity contribution in [1.29, 1.82) is 0 Å². The van der Waals surface area contributed by atoms with E-state index >= 15 is 0 Å². The van der Waals surface area contributed by atoms with E-state index in [1.165, 1.54) is 0 Å². The molecule has 0 spiro atoms. The van der Waals surface area contributed by atoms with E-state index in [2.05, 4.69) is 5.32 Å². The van der Waals surface area contributed by atoms with Crippen LogP contribution >= 0.6 is 35.6 Å². The van der Waals surface area contributed by atoms with Crippen molar-refractivity contribution in [3.05, 3.63) is 33.8 Å². The quantitative estimate of drug-likeness (QED) is 0.763. The lowest BCUT2D eigenvalue weighted by molar-refractivity contribution is -0.132. The summed E-state index contributed by atoms with van der Waals surface area (Å²) in [5.74, 6) is -0.0769. The van der Waals surface area contributed by atoms with Crippen molar-refractivity contribution in [2.75, 3.05) is 26.3 Å². The van der Waals surface area contributed by atoms with Gasteiger partial charge in [0.15, 0.2) is 0 Å². The van der Waals surface area contributed by atoms with Gasteiger partial charge in [-0.15, -0.1) is 12.4 Å². The third-order valence-electron chi connectivity index (χ3n) is 5.22. The number of carbonyl (C=O) groups is 1. The minimum absolute atomic E-state index is 0. The van der Waals surface area contributed by atoms with Gasteiger partial charge in [-0.05, 0) is 43.4 Å². The van der Waals surface area contributed by atoms with Gasteiger partial charge in [0.25, 0.3) is 0 Å². The zero-order valence-corrected chi connectivity index (χ0v) is 16.8. The first kappa shape index (κ1) is 21.7. The summed E-state index contributed by atoms with van der Waals surface area (Å²) in [4.78, 5) is 12.5. The largest absolute Gasteiger partial charge is 0.381 e. The number of nitrogens with one attached hydrogen (secondary N) is 1. The molecule has 0 unspecified atom stereocenters. The van der Waals surface area contributed by atoms with Crippen LogP contribution in [0, 0.1) is 0 Å². The number of nitrogens with two attached hydrogens (primary N) is 1. The molecule has 2 aliphatic rings. The fourth-order valence-corrected chi connectivity index (χ4v) is 4.27. The summed E-state index contributed by atoms with van der Waals surface area (Å²) < 4.78 is 11.2. The summed E-state index contributed by atoms with van der Waals surface area (Å²) in [6, 6.07) is 5.55. The van der Waals surface area contributed by atoms with Gasteiger partial charge in [0.05, 0.1) is 6.10 Å². The highest BCUT2D eigenvalue weighted by Gasteiger charge is 2.38. The second kappa shape index (κ2) is 9.58. The molecule has 5 nitrogen and oxygen atoms in total. The van der Waals surface area contributed by atoms with Crippen molar-refractivity contribution in [2.45, 2.75) is 43.3 Å². The number of amides is 1. The molecule has 26 heavy (non-hydrogen) atoms. The van der Waals surface area contributed by atoms with Crippen LogP contribution < -0.4 is 11.1 Å². The number of carbonyl (C=O) groups excluding carboxylic acids is 1. The predicted octanol–water partition coefficient (Wildman–Crippen LogP) is 3.09. The fraction of sp³-hybridized carbons (Fsp3) is 0.611. The normalized spacial score (nSPS) is 24.7. The highest BCUT2D eigenvalue weighted by Crippen LogP contribution is 2.39. The van der Waals surface area contributed by atoms with Crippen LogP contribution in [0.2, 0.25) is 10.0 Å². The van der Waals surface area contributed by atoms with Gasteiger partial charge in [-0.25, -0.2) is 0 Å². The van der Waals surface area contributed by atoms with E-state index in [-0.39, 0.29) is 29.8 Å². The summed E-state index contributed by atoms with van der Waals surface area (Å²) in [5, 5.41) is 4.30. The molecule has 1 aromatic carbocycles. The van der Waals surface area contributed by atoms with Crippen LogP contribution in [0.4, 0.5) is 0 Å². The van der Waals surface area contributed by atoms with Gasteiger partial charge in [0.1, 0.15) is 6.10 Å². The molecule has 0 aliphatic carbocycles. The summed E-state index contributed by atoms with van der Waals surface area (Å²) >= 11 is 12.5. The molecule has 3 N–H and O–H groups in total. The van der Waals surface area contributed by atoms with Crippen LogP contribution in [-0.4, -0.2) is 44.4 Å². The standard InChI is InChI=1S/C18H24Cl2N2O3.ClH/c19-12-1-3-14(15(20)9-12)18(5-7-24-8-6-18)11-22-17(23)16-4-2-13(10-21)25-16;/h1,3,9,13,16H,2,4-8,10-11,21H2,(H,22,23);1H/t13-,16+;/m1./s1. The third kappa shape index (κ3) is 4.83. The minimum Gasteiger partial charge on any atom is -0.381 e. The second-order valence-electron chi connectivity index (χ2n) is 6.79. The molecule has 2 heterocycles. The molecule has 1 amide bonds. The first-order valence-electron chi connectivity index (χ1n) is 8.70. The predicted molar refractivity (Wildman–Crippen MR) is 105 cm³/mol. The van der Waals surface area contributed by atoms with E-state index in [1.807, 2.05) is 12.1 Å². The Balaban J connectivity index is 0.00000243. The average molecular weight is 424 g/mol. The van der Waals surface area contributed by atoms with E-state index in [1.54, 1.807) is 6.07 Å². The molecular weight excluding hydrogens is 399 g/mol. The van der Waals surface area contributed by atoms with Gasteiger partial charge in [-0.3, -0.25) is 4.79 Å². The zero-order chi connectivity index (χ0) is 17.9. The molecule has 0 aromatic heterocycles. The first-order chi connectivity index (χ1) is 12.0. The van der Waals surface area contributed by atoms with Crippen molar-refractivity contribution < 1.29 is 14.3 Å². The van der Waals surface area contributed by atoms with Gasteiger partial charge in [0, 0.05) is 41.8 Å². The molecule has 146 valence electrons. The molecule has 8 heteroatoms. The molecule has 2 aliphatic heterocycles. The Morgan fingerprint density at radius 1 is 1.27 bits per heavy atom. The Kier molecular flexibility index (Phi) is 8.01. The Bertz CT molecular complexity index is 624. The molecule has 1 aromatic rings. The Morgan fingerprint density at radius 3 is 2.62 bits per heavy atom. The Hall–Kier alpha value is -0.560. The van der Waals surface area contributed by atoms with E-state index in [9.17, 15) is 4.79 Å². The van der Waals surface area contributed by atoms with E-state index < -0.39 is 6.10 Å². The van der Waals surface area contributed by atoms with Gasteiger partial charge in [-0.1, -0.05) is 29.3 Å². The molecule has 0 bridgehead atoms. The minimum atomic E-state index is -0.411. The van der Waals surface area contributed by atoms with Crippen molar-refractivity contribution in [2.24, 2.45) is 5.73 Å². The molecule has 2 atom stereocenters. The molecule has 2 fully saturated rings. The summed E-state index contributed by atoms with van der Waals surface area (Å²) in [5.41, 5.74) is 6.38. The summed E-state index contributed by atoms with van der Waals surface area (Å²) in [7, 11) is 0. The zero-order valence-electron chi connectivity index (χ0n) is 14.5. The maximum Gasteiger partial charge on any atom is 0.249 e. The lowest BCUT2D eigenvalue weighted by Crippen LogP contribution is -2.47. The fourth-order valence-electron chi connectivity index (χ4n) is 3.67. The highest BCUT2D eigenvalue weighted by molar-refractivity contribution is 6.35. The second-order valence-corrected chi connectivity index (χ2v) is 7.64. The van der Waals surface area contributed by atoms with Crippen LogP contribution in [0.15, 0.2) is 18.2 Å². The maximum atomic E-state index is 12.5. The van der Waals surface area contributed by atoms with Gasteiger partial charge >= 0.3 is 0 Å². The number of halogens is 3. The topological polar surface area (TPSA) is 73.6 Å². The van der Waals surface area contributed by atoms with Gasteiger partial charge in [0.2, 0.25) is 5.91 Å². The summed E-state index contributed by atoms with van der Waals surface area (Å²) in [6.07, 6.45) is 2.71. The van der Waals surface area contributed by atoms with Crippen molar-refractivity contribution in [3.8, 4) is 0 Å². The van der Waals surface area contributed by atoms with E-state index in [0.29, 0.717) is 42.8 Å². The van der Waals surface area contributed by atoms with E-state index in [4.69, 9.17) is 38.4 Å². The Morgan fingerprint density at radius 2 is 2.00 bits per heavy atom. The van der Waals surface area contributed by atoms with Gasteiger partial charge in [-0.2, -0.15) is 0 Å². The molecule has 0 saturated carbocycles. The number of hydrogen-bond donors (Lipinski definition) is 2. The first-order valence-corrected chi connectivity index (χ1v) is 9.46. The molecule has 3 rings (SSSR count). The molecular formula is C18H25Cl3N2O3. The molecule has 2 saturated heterocycles. The lowest BCUT2D eigenvalue weighted by atomic mass is 9.74. The maximum absolute atomic E-state index is 12.5. The summed E-state index contributed by atoms with van der Waals surface area (Å²) in [6.45, 7) is 2.24. The van der Waals surface area contributed by atoms with Crippen molar-refractivity contribution >= 4 is 41.5 Å². The van der Waals surface area contributed by atoms with E-state index in [0.717, 1.165) is 24.8 Å². The number of rotatable bonds is 5. The average Bonchev–Trinajstić information content (AvgIpc) is 3.10. The van der Waals surface area contributed by atoms with Crippen molar-refractivity contribution in [3.63, 3.8) is 0 Å². The third-order valence-corrected chi connectivity index (χ3v) is 5.76. The highest BCUT2D eigenvalue weighted by atomic mass is 35.5. The number of ether oxygens (including phenoxy) is 2. The number of hydrogen-bond acceptors (Lipinski definition) is 4. The SMILES string of the molecule is Cl.NC[C@H]1CC[C@@H](C(=O)NCC2(c3ccc(Cl)cc3Cl)CCOCC2)O1. The Labute approximate surface area is 170 Å². The van der Waals surface area contributed by atoms with Crippen LogP contribution in [0.5, 0.6) is 0 Å². The smallest absolute Gasteiger partial charge is 0.249 e. The number of benzene rings is 1. The monoisotopic (exact) mass is 422 g/mol. The van der Waals surface area contributed by atoms with Crippen LogP contribution in [0.3, 0.4) is 0 Å². The van der Waals surface area contributed by atoms with Crippen molar-refractivity contribution in [1.82, 2.24) is 5.32 Å². The van der Waals surface area contributed by atoms with Crippen LogP contribution in [0.25, 0.3) is 0 Å². The molecule has 0 radical (unpaired) electrons. The van der Waals surface area contributed by atoms with Gasteiger partial charge < -0.3 is 20.5 Å². The lowest BCUT2D eigenvalue weighted by Gasteiger charge is -2.38.